The number of hydrogen-bond donors (Lipinski definition) is 3. The summed E-state index contributed by atoms with van der Waals surface area (Å²) in [7, 11) is 1.46. The molecular formula is C15H20N4O3. The van der Waals surface area contributed by atoms with Gasteiger partial charge in [0.15, 0.2) is 0 Å². The molecule has 1 aliphatic rings. The van der Waals surface area contributed by atoms with Crippen LogP contribution < -0.4 is 16.4 Å². The van der Waals surface area contributed by atoms with Crippen molar-refractivity contribution in [2.75, 3.05) is 13.6 Å². The van der Waals surface area contributed by atoms with Crippen LogP contribution in [-0.2, 0) is 11.3 Å². The molecule has 4 N–H and O–H groups in total. The number of urea groups is 1. The monoisotopic (exact) mass is 304 g/mol. The highest BCUT2D eigenvalue weighted by atomic mass is 16.2. The van der Waals surface area contributed by atoms with Gasteiger partial charge in [0.05, 0.1) is 6.54 Å². The van der Waals surface area contributed by atoms with Crippen LogP contribution in [0.2, 0.25) is 0 Å². The van der Waals surface area contributed by atoms with E-state index in [1.165, 1.54) is 7.05 Å². The van der Waals surface area contributed by atoms with E-state index in [-0.39, 0.29) is 12.5 Å². The quantitative estimate of drug-likeness (QED) is 0.698. The summed E-state index contributed by atoms with van der Waals surface area (Å²) in [6.45, 7) is 0.751. The molecule has 0 radical (unpaired) electrons. The first-order valence-electron chi connectivity index (χ1n) is 7.14. The average Bonchev–Trinajstić information content (AvgIpc) is 3.31. The molecule has 7 nitrogen and oxygen atoms in total. The third kappa shape index (κ3) is 4.56. The van der Waals surface area contributed by atoms with Gasteiger partial charge < -0.3 is 11.1 Å². The molecule has 0 aromatic heterocycles. The van der Waals surface area contributed by atoms with Gasteiger partial charge in [-0.15, -0.1) is 0 Å². The molecule has 0 saturated heterocycles. The smallest absolute Gasteiger partial charge is 0.321 e. The third-order valence-corrected chi connectivity index (χ3v) is 3.51. The molecule has 118 valence electrons. The lowest BCUT2D eigenvalue weighted by Crippen LogP contribution is -2.43. The fraction of sp³-hybridized carbons (Fsp3) is 0.400. The van der Waals surface area contributed by atoms with Crippen molar-refractivity contribution in [3.8, 4) is 0 Å². The first kappa shape index (κ1) is 16.0. The molecular weight excluding hydrogens is 284 g/mol. The van der Waals surface area contributed by atoms with Crippen molar-refractivity contribution >= 4 is 17.8 Å². The molecule has 0 bridgehead atoms. The highest BCUT2D eigenvalue weighted by Gasteiger charge is 2.30. The number of benzene rings is 1. The zero-order valence-electron chi connectivity index (χ0n) is 12.5. The Hall–Kier alpha value is -2.41. The minimum Gasteiger partial charge on any atom is -0.366 e. The van der Waals surface area contributed by atoms with Gasteiger partial charge in [-0.2, -0.15) is 0 Å². The van der Waals surface area contributed by atoms with Crippen molar-refractivity contribution in [1.82, 2.24) is 15.5 Å². The lowest BCUT2D eigenvalue weighted by atomic mass is 10.1. The van der Waals surface area contributed by atoms with E-state index in [2.05, 4.69) is 10.6 Å². The summed E-state index contributed by atoms with van der Waals surface area (Å²) in [6.07, 6.45) is 2.10. The van der Waals surface area contributed by atoms with Crippen molar-refractivity contribution in [1.29, 1.82) is 0 Å². The number of rotatable bonds is 6. The Balaban J connectivity index is 1.95. The van der Waals surface area contributed by atoms with Crippen molar-refractivity contribution < 1.29 is 14.4 Å². The van der Waals surface area contributed by atoms with E-state index in [0.717, 1.165) is 18.4 Å². The summed E-state index contributed by atoms with van der Waals surface area (Å²) in [4.78, 5) is 36.0. The van der Waals surface area contributed by atoms with Gasteiger partial charge in [0.25, 0.3) is 0 Å². The fourth-order valence-corrected chi connectivity index (χ4v) is 2.18. The van der Waals surface area contributed by atoms with E-state index in [1.807, 2.05) is 17.0 Å². The van der Waals surface area contributed by atoms with Gasteiger partial charge in [0.1, 0.15) is 0 Å². The maximum absolute atomic E-state index is 11.8. The number of hydrogen-bond acceptors (Lipinski definition) is 4. The Morgan fingerprint density at radius 2 is 1.86 bits per heavy atom. The van der Waals surface area contributed by atoms with Crippen molar-refractivity contribution in [3.05, 3.63) is 35.4 Å². The molecule has 0 atom stereocenters. The van der Waals surface area contributed by atoms with E-state index in [1.54, 1.807) is 12.1 Å². The number of carbonyl (C=O) groups excluding carboxylic acids is 3. The first-order chi connectivity index (χ1) is 10.5. The molecule has 4 amide bonds. The summed E-state index contributed by atoms with van der Waals surface area (Å²) in [5.41, 5.74) is 6.66. The van der Waals surface area contributed by atoms with Crippen molar-refractivity contribution in [3.63, 3.8) is 0 Å². The Bertz CT molecular complexity index is 567. The molecule has 0 aliphatic heterocycles. The molecule has 1 fully saturated rings. The summed E-state index contributed by atoms with van der Waals surface area (Å²) in [5.74, 6) is -0.796. The van der Waals surface area contributed by atoms with Gasteiger partial charge in [-0.3, -0.25) is 19.8 Å². The summed E-state index contributed by atoms with van der Waals surface area (Å²) < 4.78 is 0. The maximum atomic E-state index is 11.8. The fourth-order valence-electron chi connectivity index (χ4n) is 2.18. The van der Waals surface area contributed by atoms with E-state index in [0.29, 0.717) is 18.2 Å². The second-order valence-electron chi connectivity index (χ2n) is 5.32. The number of nitrogens with zero attached hydrogens (tertiary/aromatic N) is 1. The Morgan fingerprint density at radius 3 is 2.36 bits per heavy atom. The Labute approximate surface area is 128 Å². The molecule has 1 saturated carbocycles. The molecule has 2 rings (SSSR count). The minimum atomic E-state index is -0.508. The molecule has 0 unspecified atom stereocenters. The number of nitrogens with two attached hydrogens (primary N) is 1. The van der Waals surface area contributed by atoms with Crippen LogP contribution in [0.1, 0.15) is 28.8 Å². The van der Waals surface area contributed by atoms with Crippen LogP contribution in [0, 0.1) is 0 Å². The van der Waals surface area contributed by atoms with E-state index < -0.39 is 11.9 Å². The first-order valence-corrected chi connectivity index (χ1v) is 7.14. The number of primary amides is 1. The van der Waals surface area contributed by atoms with Gasteiger partial charge in [0.2, 0.25) is 11.8 Å². The topological polar surface area (TPSA) is 105 Å². The van der Waals surface area contributed by atoms with Crippen LogP contribution in [0.5, 0.6) is 0 Å². The SMILES string of the molecule is CNC(=O)NC(=O)CN(Cc1ccc(C(N)=O)cc1)C1CC1. The van der Waals surface area contributed by atoms with Gasteiger partial charge in [0, 0.05) is 25.2 Å². The van der Waals surface area contributed by atoms with Crippen LogP contribution in [0.3, 0.4) is 0 Å². The van der Waals surface area contributed by atoms with Crippen molar-refractivity contribution in [2.45, 2.75) is 25.4 Å². The van der Waals surface area contributed by atoms with Gasteiger partial charge >= 0.3 is 6.03 Å². The second kappa shape index (κ2) is 7.04. The number of amides is 4. The largest absolute Gasteiger partial charge is 0.366 e. The lowest BCUT2D eigenvalue weighted by molar-refractivity contribution is -0.121. The zero-order valence-corrected chi connectivity index (χ0v) is 12.5. The zero-order chi connectivity index (χ0) is 16.1. The Kier molecular flexibility index (Phi) is 5.11. The van der Waals surface area contributed by atoms with Crippen LogP contribution in [0.15, 0.2) is 24.3 Å². The lowest BCUT2D eigenvalue weighted by Gasteiger charge is -2.21. The number of nitrogens with one attached hydrogen (secondary N) is 2. The average molecular weight is 304 g/mol. The molecule has 22 heavy (non-hydrogen) atoms. The predicted molar refractivity (Wildman–Crippen MR) is 81.0 cm³/mol. The summed E-state index contributed by atoms with van der Waals surface area (Å²) in [5, 5.41) is 4.61. The van der Waals surface area contributed by atoms with Crippen molar-refractivity contribution in [2.24, 2.45) is 5.73 Å². The minimum absolute atomic E-state index is 0.162. The van der Waals surface area contributed by atoms with Gasteiger partial charge in [-0.05, 0) is 30.5 Å². The predicted octanol–water partition coefficient (Wildman–Crippen LogP) is 0.206. The number of carbonyl (C=O) groups is 3. The highest BCUT2D eigenvalue weighted by Crippen LogP contribution is 2.28. The highest BCUT2D eigenvalue weighted by molar-refractivity contribution is 5.95. The molecule has 1 aliphatic carbocycles. The van der Waals surface area contributed by atoms with Gasteiger partial charge in [-0.25, -0.2) is 4.79 Å². The van der Waals surface area contributed by atoms with Crippen LogP contribution in [0.25, 0.3) is 0 Å². The van der Waals surface area contributed by atoms with Gasteiger partial charge in [-0.1, -0.05) is 12.1 Å². The third-order valence-electron chi connectivity index (χ3n) is 3.51. The summed E-state index contributed by atoms with van der Waals surface area (Å²) >= 11 is 0. The Morgan fingerprint density at radius 1 is 1.23 bits per heavy atom. The maximum Gasteiger partial charge on any atom is 0.321 e. The molecule has 0 spiro atoms. The van der Waals surface area contributed by atoms with Crippen LogP contribution in [-0.4, -0.2) is 42.4 Å². The second-order valence-corrected chi connectivity index (χ2v) is 5.32. The van der Waals surface area contributed by atoms with E-state index in [9.17, 15) is 14.4 Å². The normalized spacial score (nSPS) is 13.7. The number of imide groups is 1. The van der Waals surface area contributed by atoms with E-state index in [4.69, 9.17) is 5.73 Å². The summed E-state index contributed by atoms with van der Waals surface area (Å²) in [6, 6.07) is 6.86. The molecule has 0 heterocycles. The molecule has 1 aromatic rings. The molecule has 1 aromatic carbocycles. The van der Waals surface area contributed by atoms with E-state index >= 15 is 0 Å². The van der Waals surface area contributed by atoms with Crippen LogP contribution in [0.4, 0.5) is 4.79 Å². The van der Waals surface area contributed by atoms with Crippen LogP contribution >= 0.6 is 0 Å². The molecule has 7 heteroatoms. The standard InChI is InChI=1S/C15H20N4O3/c1-17-15(22)18-13(20)9-19(12-6-7-12)8-10-2-4-11(5-3-10)14(16)21/h2-5,12H,6-9H2,1H3,(H2,16,21)(H2,17,18,20,22).